The van der Waals surface area contributed by atoms with Gasteiger partial charge >= 0.3 is 0 Å². The van der Waals surface area contributed by atoms with Crippen molar-refractivity contribution >= 4 is 5.82 Å². The van der Waals surface area contributed by atoms with Crippen molar-refractivity contribution in [1.29, 1.82) is 5.26 Å². The Morgan fingerprint density at radius 2 is 2.18 bits per heavy atom. The van der Waals surface area contributed by atoms with E-state index in [1.807, 2.05) is 13.0 Å². The average molecular weight is 233 g/mol. The molecule has 0 bridgehead atoms. The molecule has 90 valence electrons. The van der Waals surface area contributed by atoms with E-state index >= 15 is 0 Å². The van der Waals surface area contributed by atoms with Gasteiger partial charge in [0.05, 0.1) is 12.2 Å². The Morgan fingerprint density at radius 3 is 2.76 bits per heavy atom. The number of nitrogens with zero attached hydrogens (tertiary/aromatic N) is 3. The number of aryl methyl sites for hydroxylation is 1. The molecule has 1 aliphatic rings. The number of rotatable bonds is 2. The maximum atomic E-state index is 12.5. The summed E-state index contributed by atoms with van der Waals surface area (Å²) >= 11 is 0. The summed E-state index contributed by atoms with van der Waals surface area (Å²) in [6, 6.07) is 5.82. The summed E-state index contributed by atoms with van der Waals surface area (Å²) in [5.74, 6) is 0.936. The van der Waals surface area contributed by atoms with Gasteiger partial charge in [0.2, 0.25) is 0 Å². The first-order valence-corrected chi connectivity index (χ1v) is 5.93. The van der Waals surface area contributed by atoms with Gasteiger partial charge in [-0.1, -0.05) is 0 Å². The van der Waals surface area contributed by atoms with E-state index < -0.39 is 0 Å². The number of nitriles is 1. The molecule has 1 fully saturated rings. The average Bonchev–Trinajstić information content (AvgIpc) is 2.39. The van der Waals surface area contributed by atoms with Gasteiger partial charge in [-0.25, -0.2) is 4.98 Å². The van der Waals surface area contributed by atoms with Gasteiger partial charge in [0.15, 0.2) is 0 Å². The lowest BCUT2D eigenvalue weighted by molar-refractivity contribution is 0.307. The summed E-state index contributed by atoms with van der Waals surface area (Å²) < 4.78 is 12.5. The maximum Gasteiger partial charge on any atom is 0.146 e. The van der Waals surface area contributed by atoms with Gasteiger partial charge in [0, 0.05) is 18.8 Å². The zero-order chi connectivity index (χ0) is 12.3. The van der Waals surface area contributed by atoms with E-state index in [0.717, 1.165) is 37.4 Å². The highest BCUT2D eigenvalue weighted by Crippen LogP contribution is 2.24. The summed E-state index contributed by atoms with van der Waals surface area (Å²) in [4.78, 5) is 6.52. The van der Waals surface area contributed by atoms with Crippen LogP contribution in [0.5, 0.6) is 0 Å². The molecule has 0 aromatic carbocycles. The maximum absolute atomic E-state index is 12.5. The molecule has 4 heteroatoms. The highest BCUT2D eigenvalue weighted by atomic mass is 19.1. The van der Waals surface area contributed by atoms with Crippen molar-refractivity contribution in [2.45, 2.75) is 19.8 Å². The summed E-state index contributed by atoms with van der Waals surface area (Å²) in [5.41, 5.74) is 1.51. The third-order valence-corrected chi connectivity index (χ3v) is 3.27. The molecule has 2 rings (SSSR count). The van der Waals surface area contributed by atoms with E-state index in [0.29, 0.717) is 5.56 Å². The highest BCUT2D eigenvalue weighted by molar-refractivity contribution is 5.54. The van der Waals surface area contributed by atoms with Crippen LogP contribution in [0, 0.1) is 24.2 Å². The van der Waals surface area contributed by atoms with Gasteiger partial charge in [-0.15, -0.1) is 0 Å². The lowest BCUT2D eigenvalue weighted by Gasteiger charge is -2.32. The van der Waals surface area contributed by atoms with Crippen molar-refractivity contribution in [1.82, 2.24) is 4.98 Å². The fourth-order valence-corrected chi connectivity index (χ4v) is 2.17. The Hall–Kier alpha value is -1.63. The normalized spacial score (nSPS) is 16.9. The van der Waals surface area contributed by atoms with E-state index in [-0.39, 0.29) is 12.6 Å². The molecule has 0 saturated carbocycles. The first-order valence-electron chi connectivity index (χ1n) is 5.93. The van der Waals surface area contributed by atoms with Crippen LogP contribution < -0.4 is 4.90 Å². The second-order valence-corrected chi connectivity index (χ2v) is 4.52. The van der Waals surface area contributed by atoms with Crippen LogP contribution in [0.3, 0.4) is 0 Å². The van der Waals surface area contributed by atoms with Crippen LogP contribution in [0.15, 0.2) is 12.1 Å². The molecule has 0 N–H and O–H groups in total. The number of piperidine rings is 1. The number of pyridine rings is 1. The van der Waals surface area contributed by atoms with Crippen molar-refractivity contribution in [3.8, 4) is 6.07 Å². The zero-order valence-corrected chi connectivity index (χ0v) is 9.99. The van der Waals surface area contributed by atoms with Gasteiger partial charge in [0.1, 0.15) is 11.9 Å². The molecule has 3 nitrogen and oxygen atoms in total. The zero-order valence-electron chi connectivity index (χ0n) is 9.99. The quantitative estimate of drug-likeness (QED) is 0.787. The van der Waals surface area contributed by atoms with Crippen LogP contribution in [0.1, 0.15) is 24.1 Å². The molecular weight excluding hydrogens is 217 g/mol. The van der Waals surface area contributed by atoms with Crippen LogP contribution in [0.2, 0.25) is 0 Å². The van der Waals surface area contributed by atoms with Crippen molar-refractivity contribution in [2.24, 2.45) is 5.92 Å². The predicted octanol–water partition coefficient (Wildman–Crippen LogP) is 2.45. The second-order valence-electron chi connectivity index (χ2n) is 4.52. The van der Waals surface area contributed by atoms with Crippen LogP contribution in [-0.4, -0.2) is 24.7 Å². The first-order chi connectivity index (χ1) is 8.24. The summed E-state index contributed by atoms with van der Waals surface area (Å²) in [6.45, 7) is 3.26. The Kier molecular flexibility index (Phi) is 3.58. The number of hydrogen-bond donors (Lipinski definition) is 0. The van der Waals surface area contributed by atoms with E-state index in [1.165, 1.54) is 0 Å². The third-order valence-electron chi connectivity index (χ3n) is 3.27. The van der Waals surface area contributed by atoms with Crippen molar-refractivity contribution in [3.05, 3.63) is 23.4 Å². The van der Waals surface area contributed by atoms with Crippen LogP contribution in [-0.2, 0) is 0 Å². The lowest BCUT2D eigenvalue weighted by Crippen LogP contribution is -2.35. The summed E-state index contributed by atoms with van der Waals surface area (Å²) in [6.07, 6.45) is 1.69. The number of halogens is 1. The van der Waals surface area contributed by atoms with Crippen molar-refractivity contribution in [3.63, 3.8) is 0 Å². The SMILES string of the molecule is Cc1ccc(C#N)c(N2CCC(CF)CC2)n1. The third kappa shape index (κ3) is 2.55. The molecule has 0 aliphatic carbocycles. The predicted molar refractivity (Wildman–Crippen MR) is 64.6 cm³/mol. The van der Waals surface area contributed by atoms with E-state index in [4.69, 9.17) is 5.26 Å². The van der Waals surface area contributed by atoms with Crippen LogP contribution >= 0.6 is 0 Å². The molecule has 0 radical (unpaired) electrons. The van der Waals surface area contributed by atoms with Gasteiger partial charge in [0.25, 0.3) is 0 Å². The van der Waals surface area contributed by atoms with Crippen LogP contribution in [0.4, 0.5) is 10.2 Å². The summed E-state index contributed by atoms with van der Waals surface area (Å²) in [7, 11) is 0. The van der Waals surface area contributed by atoms with Gasteiger partial charge in [-0.05, 0) is 37.8 Å². The number of hydrogen-bond acceptors (Lipinski definition) is 3. The van der Waals surface area contributed by atoms with Crippen LogP contribution in [0.25, 0.3) is 0 Å². The van der Waals surface area contributed by atoms with Gasteiger partial charge < -0.3 is 4.90 Å². The Morgan fingerprint density at radius 1 is 1.47 bits per heavy atom. The number of aromatic nitrogens is 1. The van der Waals surface area contributed by atoms with Gasteiger partial charge in [-0.2, -0.15) is 5.26 Å². The molecule has 0 unspecified atom stereocenters. The fourth-order valence-electron chi connectivity index (χ4n) is 2.17. The van der Waals surface area contributed by atoms with Crippen molar-refractivity contribution in [2.75, 3.05) is 24.7 Å². The number of anilines is 1. The Balaban J connectivity index is 2.18. The van der Waals surface area contributed by atoms with E-state index in [2.05, 4.69) is 16.0 Å². The minimum Gasteiger partial charge on any atom is -0.355 e. The standard InChI is InChI=1S/C13H16FN3/c1-10-2-3-12(9-15)13(16-10)17-6-4-11(8-14)5-7-17/h2-3,11H,4-8H2,1H3. The topological polar surface area (TPSA) is 39.9 Å². The van der Waals surface area contributed by atoms with Gasteiger partial charge in [-0.3, -0.25) is 4.39 Å². The molecule has 1 aromatic rings. The highest BCUT2D eigenvalue weighted by Gasteiger charge is 2.21. The monoisotopic (exact) mass is 233 g/mol. The Labute approximate surface area is 101 Å². The summed E-state index contributed by atoms with van der Waals surface area (Å²) in [5, 5.41) is 9.06. The smallest absolute Gasteiger partial charge is 0.146 e. The molecule has 1 saturated heterocycles. The molecular formula is C13H16FN3. The van der Waals surface area contributed by atoms with E-state index in [9.17, 15) is 4.39 Å². The largest absolute Gasteiger partial charge is 0.355 e. The first kappa shape index (κ1) is 11.8. The van der Waals surface area contributed by atoms with E-state index in [1.54, 1.807) is 6.07 Å². The molecule has 0 amide bonds. The van der Waals surface area contributed by atoms with Crippen molar-refractivity contribution < 1.29 is 4.39 Å². The molecule has 2 heterocycles. The molecule has 17 heavy (non-hydrogen) atoms. The number of alkyl halides is 1. The second kappa shape index (κ2) is 5.13. The minimum absolute atomic E-state index is 0.182. The lowest BCUT2D eigenvalue weighted by atomic mass is 9.98. The minimum atomic E-state index is -0.236. The molecule has 1 aromatic heterocycles. The molecule has 0 spiro atoms. The molecule has 1 aliphatic heterocycles. The fraction of sp³-hybridized carbons (Fsp3) is 0.538. The molecule has 0 atom stereocenters. The Bertz CT molecular complexity index is 431.